The average molecular weight is 242 g/mol. The molecule has 5 heteroatoms. The Hall–Kier alpha value is -2.06. The second-order valence-corrected chi connectivity index (χ2v) is 4.52. The molecule has 0 bridgehead atoms. The molecule has 2 N–H and O–H groups in total. The molecule has 2 heterocycles. The Labute approximate surface area is 105 Å². The fourth-order valence-electron chi connectivity index (χ4n) is 2.38. The normalized spacial score (nSPS) is 19.8. The van der Waals surface area contributed by atoms with Crippen LogP contribution in [0.2, 0.25) is 0 Å². The number of aromatic nitrogens is 2. The first kappa shape index (κ1) is 11.1. The molecule has 2 aromatic rings. The van der Waals surface area contributed by atoms with Gasteiger partial charge in [0.1, 0.15) is 0 Å². The number of nitrogens with two attached hydrogens (primary N) is 1. The predicted molar refractivity (Wildman–Crippen MR) is 67.7 cm³/mol. The van der Waals surface area contributed by atoms with Gasteiger partial charge in [0.2, 0.25) is 0 Å². The molecule has 18 heavy (non-hydrogen) atoms. The van der Waals surface area contributed by atoms with Gasteiger partial charge in [0.25, 0.3) is 0 Å². The van der Waals surface area contributed by atoms with Gasteiger partial charge in [-0.05, 0) is 31.4 Å². The topological polar surface area (TPSA) is 76.9 Å². The van der Waals surface area contributed by atoms with E-state index in [0.717, 1.165) is 36.8 Å². The Morgan fingerprint density at radius 2 is 2.33 bits per heavy atom. The lowest BCUT2D eigenvalue weighted by Gasteiger charge is -2.23. The van der Waals surface area contributed by atoms with Crippen molar-refractivity contribution < 1.29 is 4.74 Å². The summed E-state index contributed by atoms with van der Waals surface area (Å²) in [6, 6.07) is 5.61. The van der Waals surface area contributed by atoms with E-state index in [4.69, 9.17) is 15.7 Å². The number of rotatable bonds is 1. The number of nitriles is 1. The first-order valence-corrected chi connectivity index (χ1v) is 6.08. The van der Waals surface area contributed by atoms with E-state index in [1.165, 1.54) is 0 Å². The molecule has 1 saturated heterocycles. The van der Waals surface area contributed by atoms with Gasteiger partial charge in [-0.15, -0.1) is 0 Å². The van der Waals surface area contributed by atoms with Crippen molar-refractivity contribution in [3.63, 3.8) is 0 Å². The summed E-state index contributed by atoms with van der Waals surface area (Å²) in [5.41, 5.74) is 7.95. The summed E-state index contributed by atoms with van der Waals surface area (Å²) in [4.78, 5) is 0. The maximum absolute atomic E-state index is 8.99. The van der Waals surface area contributed by atoms with Gasteiger partial charge in [0.05, 0.1) is 23.3 Å². The highest BCUT2D eigenvalue weighted by Crippen LogP contribution is 2.29. The van der Waals surface area contributed by atoms with Gasteiger partial charge in [-0.3, -0.25) is 0 Å². The molecular formula is C13H14N4O. The highest BCUT2D eigenvalue weighted by Gasteiger charge is 2.19. The first-order chi connectivity index (χ1) is 8.79. The fraction of sp³-hybridized carbons (Fsp3) is 0.385. The smallest absolute Gasteiger partial charge is 0.150 e. The van der Waals surface area contributed by atoms with Crippen LogP contribution in [0.4, 0.5) is 5.69 Å². The Morgan fingerprint density at radius 3 is 3.06 bits per heavy atom. The maximum Gasteiger partial charge on any atom is 0.150 e. The third kappa shape index (κ3) is 1.71. The summed E-state index contributed by atoms with van der Waals surface area (Å²) in [5, 5.41) is 14.2. The number of hydrogen-bond donors (Lipinski definition) is 1. The lowest BCUT2D eigenvalue weighted by molar-refractivity contribution is -0.0366. The lowest BCUT2D eigenvalue weighted by Crippen LogP contribution is -2.19. The van der Waals surface area contributed by atoms with Crippen LogP contribution in [0.5, 0.6) is 0 Å². The molecular weight excluding hydrogens is 228 g/mol. The standard InChI is InChI=1S/C13H14N4O/c14-7-9-5-11(15)10-8-16-17(12(10)6-9)13-3-1-2-4-18-13/h5-6,8,13H,1-4,15H2. The Kier molecular flexibility index (Phi) is 2.65. The van der Waals surface area contributed by atoms with Crippen LogP contribution in [0.3, 0.4) is 0 Å². The van der Waals surface area contributed by atoms with Crippen molar-refractivity contribution in [3.8, 4) is 6.07 Å². The molecule has 1 aliphatic rings. The van der Waals surface area contributed by atoms with Crippen LogP contribution in [-0.2, 0) is 4.74 Å². The molecule has 1 aromatic heterocycles. The third-order valence-electron chi connectivity index (χ3n) is 3.31. The summed E-state index contributed by atoms with van der Waals surface area (Å²) in [6.07, 6.45) is 4.89. The molecule has 92 valence electrons. The third-order valence-corrected chi connectivity index (χ3v) is 3.31. The highest BCUT2D eigenvalue weighted by atomic mass is 16.5. The number of fused-ring (bicyclic) bond motifs is 1. The van der Waals surface area contributed by atoms with E-state index in [2.05, 4.69) is 11.2 Å². The second-order valence-electron chi connectivity index (χ2n) is 4.52. The fourth-order valence-corrected chi connectivity index (χ4v) is 2.38. The Morgan fingerprint density at radius 1 is 1.44 bits per heavy atom. The number of benzene rings is 1. The van der Waals surface area contributed by atoms with Crippen molar-refractivity contribution in [3.05, 3.63) is 23.9 Å². The summed E-state index contributed by atoms with van der Waals surface area (Å²) >= 11 is 0. The maximum atomic E-state index is 8.99. The van der Waals surface area contributed by atoms with Crippen molar-refractivity contribution in [2.75, 3.05) is 12.3 Å². The van der Waals surface area contributed by atoms with Gasteiger partial charge in [0, 0.05) is 17.7 Å². The van der Waals surface area contributed by atoms with E-state index in [1.807, 2.05) is 10.7 Å². The quantitative estimate of drug-likeness (QED) is 0.777. The largest absolute Gasteiger partial charge is 0.398 e. The zero-order chi connectivity index (χ0) is 12.5. The number of ether oxygens (including phenoxy) is 1. The second kappa shape index (κ2) is 4.31. The van der Waals surface area contributed by atoms with Crippen molar-refractivity contribution in [1.29, 1.82) is 5.26 Å². The lowest BCUT2D eigenvalue weighted by atomic mass is 10.1. The van der Waals surface area contributed by atoms with Crippen LogP contribution in [0, 0.1) is 11.3 Å². The van der Waals surface area contributed by atoms with E-state index in [1.54, 1.807) is 12.3 Å². The van der Waals surface area contributed by atoms with Crippen LogP contribution < -0.4 is 5.73 Å². The molecule has 0 saturated carbocycles. The number of anilines is 1. The molecule has 0 aliphatic carbocycles. The van der Waals surface area contributed by atoms with E-state index in [-0.39, 0.29) is 6.23 Å². The van der Waals surface area contributed by atoms with Crippen LogP contribution >= 0.6 is 0 Å². The summed E-state index contributed by atoms with van der Waals surface area (Å²) in [6.45, 7) is 0.763. The number of nitrogens with zero attached hydrogens (tertiary/aromatic N) is 3. The number of hydrogen-bond acceptors (Lipinski definition) is 4. The van der Waals surface area contributed by atoms with Gasteiger partial charge >= 0.3 is 0 Å². The zero-order valence-electron chi connectivity index (χ0n) is 9.97. The van der Waals surface area contributed by atoms with Crippen molar-refractivity contribution in [1.82, 2.24) is 9.78 Å². The van der Waals surface area contributed by atoms with Gasteiger partial charge in [-0.25, -0.2) is 4.68 Å². The SMILES string of the molecule is N#Cc1cc(N)c2cnn(C3CCCCO3)c2c1. The zero-order valence-corrected chi connectivity index (χ0v) is 9.97. The first-order valence-electron chi connectivity index (χ1n) is 6.08. The summed E-state index contributed by atoms with van der Waals surface area (Å²) in [5.74, 6) is 0. The van der Waals surface area contributed by atoms with Crippen molar-refractivity contribution >= 4 is 16.6 Å². The molecule has 0 radical (unpaired) electrons. The van der Waals surface area contributed by atoms with Crippen molar-refractivity contribution in [2.45, 2.75) is 25.5 Å². The summed E-state index contributed by atoms with van der Waals surface area (Å²) < 4.78 is 7.56. The van der Waals surface area contributed by atoms with Crippen molar-refractivity contribution in [2.24, 2.45) is 0 Å². The Balaban J connectivity index is 2.12. The molecule has 1 aromatic carbocycles. The van der Waals surface area contributed by atoms with Gasteiger partial charge < -0.3 is 10.5 Å². The van der Waals surface area contributed by atoms with E-state index in [9.17, 15) is 0 Å². The molecule has 3 rings (SSSR count). The predicted octanol–water partition coefficient (Wildman–Crippen LogP) is 2.19. The molecule has 1 unspecified atom stereocenters. The van der Waals surface area contributed by atoms with E-state index < -0.39 is 0 Å². The molecule has 0 amide bonds. The van der Waals surface area contributed by atoms with E-state index >= 15 is 0 Å². The van der Waals surface area contributed by atoms with Gasteiger partial charge in [-0.2, -0.15) is 10.4 Å². The average Bonchev–Trinajstić information content (AvgIpc) is 2.84. The minimum atomic E-state index is -0.0374. The molecule has 1 atom stereocenters. The minimum absolute atomic E-state index is 0.0374. The monoisotopic (exact) mass is 242 g/mol. The van der Waals surface area contributed by atoms with Gasteiger partial charge in [0.15, 0.2) is 6.23 Å². The molecule has 1 aliphatic heterocycles. The minimum Gasteiger partial charge on any atom is -0.398 e. The number of nitrogen functional groups attached to an aromatic ring is 1. The van der Waals surface area contributed by atoms with Crippen LogP contribution in [0.15, 0.2) is 18.3 Å². The highest BCUT2D eigenvalue weighted by molar-refractivity contribution is 5.91. The van der Waals surface area contributed by atoms with Gasteiger partial charge in [-0.1, -0.05) is 0 Å². The van der Waals surface area contributed by atoms with Crippen LogP contribution in [0.1, 0.15) is 31.1 Å². The summed E-state index contributed by atoms with van der Waals surface area (Å²) in [7, 11) is 0. The van der Waals surface area contributed by atoms with Crippen LogP contribution in [0.25, 0.3) is 10.9 Å². The molecule has 1 fully saturated rings. The van der Waals surface area contributed by atoms with Crippen LogP contribution in [-0.4, -0.2) is 16.4 Å². The molecule has 0 spiro atoms. The molecule has 5 nitrogen and oxygen atoms in total. The Bertz CT molecular complexity index is 620. The van der Waals surface area contributed by atoms with E-state index in [0.29, 0.717) is 11.3 Å².